The van der Waals surface area contributed by atoms with Crippen molar-refractivity contribution < 1.29 is 26.3 Å². The Morgan fingerprint density at radius 2 is 1.39 bits per heavy atom. The first-order valence-corrected chi connectivity index (χ1v) is 7.46. The van der Waals surface area contributed by atoms with Crippen LogP contribution >= 0.6 is 0 Å². The molecule has 1 rings (SSSR count). The normalized spacial score (nSPS) is 14.3. The van der Waals surface area contributed by atoms with E-state index in [1.54, 1.807) is 18.9 Å². The Bertz CT molecular complexity index is 474. The number of nitrogens with zero attached hydrogens (tertiary/aromatic N) is 1. The van der Waals surface area contributed by atoms with Crippen molar-refractivity contribution in [2.45, 2.75) is 51.5 Å². The van der Waals surface area contributed by atoms with Gasteiger partial charge in [-0.15, -0.1) is 0 Å². The Kier molecular flexibility index (Phi) is 6.50. The maximum Gasteiger partial charge on any atom is 0.416 e. The van der Waals surface area contributed by atoms with E-state index in [0.29, 0.717) is 6.54 Å². The second-order valence-corrected chi connectivity index (χ2v) is 5.70. The lowest BCUT2D eigenvalue weighted by atomic mass is 9.99. The third-order valence-electron chi connectivity index (χ3n) is 3.87. The largest absolute Gasteiger partial charge is 0.416 e. The van der Waals surface area contributed by atoms with Crippen molar-refractivity contribution in [3.8, 4) is 0 Å². The summed E-state index contributed by atoms with van der Waals surface area (Å²) in [7, 11) is 1.70. The molecule has 0 bridgehead atoms. The van der Waals surface area contributed by atoms with Crippen LogP contribution < -0.4 is 0 Å². The molecule has 0 saturated carbocycles. The molecule has 7 heteroatoms. The van der Waals surface area contributed by atoms with Gasteiger partial charge >= 0.3 is 12.4 Å². The molecule has 0 aliphatic heterocycles. The molecule has 0 aromatic heterocycles. The molecule has 0 fully saturated rings. The van der Waals surface area contributed by atoms with E-state index < -0.39 is 29.5 Å². The molecule has 1 atom stereocenters. The van der Waals surface area contributed by atoms with Crippen LogP contribution in [0.5, 0.6) is 0 Å². The monoisotopic (exact) mass is 341 g/mol. The summed E-state index contributed by atoms with van der Waals surface area (Å²) >= 11 is 0. The molecule has 1 aromatic rings. The van der Waals surface area contributed by atoms with Crippen LogP contribution in [-0.2, 0) is 12.4 Å². The van der Waals surface area contributed by atoms with Gasteiger partial charge in [-0.25, -0.2) is 0 Å². The number of alkyl halides is 6. The number of benzene rings is 1. The Balaban J connectivity index is 3.14. The van der Waals surface area contributed by atoms with E-state index >= 15 is 0 Å². The molecule has 0 spiro atoms. The highest BCUT2D eigenvalue weighted by Crippen LogP contribution is 2.38. The highest BCUT2D eigenvalue weighted by Gasteiger charge is 2.37. The van der Waals surface area contributed by atoms with E-state index in [1.807, 2.05) is 6.92 Å². The van der Waals surface area contributed by atoms with Crippen LogP contribution in [0.25, 0.3) is 0 Å². The molecule has 1 aromatic carbocycles. The molecule has 0 amide bonds. The Morgan fingerprint density at radius 1 is 0.913 bits per heavy atom. The highest BCUT2D eigenvalue weighted by molar-refractivity contribution is 5.35. The second-order valence-electron chi connectivity index (χ2n) is 5.70. The van der Waals surface area contributed by atoms with Crippen LogP contribution in [0.4, 0.5) is 26.3 Å². The van der Waals surface area contributed by atoms with Crippen LogP contribution in [0.2, 0.25) is 0 Å². The zero-order valence-electron chi connectivity index (χ0n) is 13.4. The molecular weight excluding hydrogens is 320 g/mol. The third-order valence-corrected chi connectivity index (χ3v) is 3.87. The number of unbranched alkanes of at least 4 members (excludes halogenated alkanes) is 2. The first-order chi connectivity index (χ1) is 10.5. The lowest BCUT2D eigenvalue weighted by Gasteiger charge is -2.26. The minimum atomic E-state index is -4.81. The van der Waals surface area contributed by atoms with Gasteiger partial charge in [0.2, 0.25) is 0 Å². The van der Waals surface area contributed by atoms with Gasteiger partial charge < -0.3 is 0 Å². The van der Waals surface area contributed by atoms with Crippen LogP contribution in [-0.4, -0.2) is 18.5 Å². The van der Waals surface area contributed by atoms with Crippen LogP contribution in [0.3, 0.4) is 0 Å². The fraction of sp³-hybridized carbons (Fsp3) is 0.625. The fourth-order valence-corrected chi connectivity index (χ4v) is 2.28. The summed E-state index contributed by atoms with van der Waals surface area (Å²) in [5.74, 6) is 0. The van der Waals surface area contributed by atoms with E-state index in [0.717, 1.165) is 31.4 Å². The molecule has 0 aliphatic rings. The van der Waals surface area contributed by atoms with Crippen molar-refractivity contribution in [3.05, 3.63) is 34.9 Å². The van der Waals surface area contributed by atoms with E-state index in [-0.39, 0.29) is 11.6 Å². The molecule has 1 nitrogen and oxygen atoms in total. The Hall–Kier alpha value is -1.24. The van der Waals surface area contributed by atoms with Gasteiger partial charge in [0.15, 0.2) is 0 Å². The van der Waals surface area contributed by atoms with E-state index in [2.05, 4.69) is 0 Å². The number of halogens is 6. The SMILES string of the molecule is CCCCCN(C)[C@H](C)c1cc(C(F)(F)F)cc(C(F)(F)F)c1. The first kappa shape index (κ1) is 19.8. The maximum atomic E-state index is 12.9. The van der Waals surface area contributed by atoms with Gasteiger partial charge in [0.25, 0.3) is 0 Å². The van der Waals surface area contributed by atoms with Gasteiger partial charge in [-0.2, -0.15) is 26.3 Å². The summed E-state index contributed by atoms with van der Waals surface area (Å²) in [6.07, 6.45) is -6.81. The fourth-order valence-electron chi connectivity index (χ4n) is 2.28. The topological polar surface area (TPSA) is 3.24 Å². The lowest BCUT2D eigenvalue weighted by molar-refractivity contribution is -0.143. The van der Waals surface area contributed by atoms with E-state index in [4.69, 9.17) is 0 Å². The number of rotatable bonds is 6. The summed E-state index contributed by atoms with van der Waals surface area (Å²) < 4.78 is 77.2. The average Bonchev–Trinajstić information content (AvgIpc) is 2.44. The summed E-state index contributed by atoms with van der Waals surface area (Å²) in [4.78, 5) is 1.77. The van der Waals surface area contributed by atoms with Crippen LogP contribution in [0.1, 0.15) is 55.8 Å². The molecule has 0 radical (unpaired) electrons. The molecule has 0 N–H and O–H groups in total. The van der Waals surface area contributed by atoms with Gasteiger partial charge in [-0.1, -0.05) is 19.8 Å². The van der Waals surface area contributed by atoms with Crippen molar-refractivity contribution in [2.75, 3.05) is 13.6 Å². The molecular formula is C16H21F6N. The lowest BCUT2D eigenvalue weighted by Crippen LogP contribution is -2.24. The summed E-state index contributed by atoms with van der Waals surface area (Å²) in [6.45, 7) is 4.25. The molecule has 23 heavy (non-hydrogen) atoms. The first-order valence-electron chi connectivity index (χ1n) is 7.46. The minimum Gasteiger partial charge on any atom is -0.300 e. The molecule has 0 aliphatic carbocycles. The summed E-state index contributed by atoms with van der Waals surface area (Å²) in [5.41, 5.74) is -2.52. The van der Waals surface area contributed by atoms with Crippen LogP contribution in [0.15, 0.2) is 18.2 Å². The molecule has 132 valence electrons. The zero-order chi connectivity index (χ0) is 17.8. The van der Waals surface area contributed by atoms with Crippen molar-refractivity contribution in [1.29, 1.82) is 0 Å². The predicted octanol–water partition coefficient (Wildman–Crippen LogP) is 5.91. The van der Waals surface area contributed by atoms with Crippen molar-refractivity contribution in [1.82, 2.24) is 4.90 Å². The number of hydrogen-bond acceptors (Lipinski definition) is 1. The molecule has 0 saturated heterocycles. The van der Waals surface area contributed by atoms with E-state index in [1.165, 1.54) is 0 Å². The van der Waals surface area contributed by atoms with Crippen molar-refractivity contribution >= 4 is 0 Å². The molecule has 0 heterocycles. The number of hydrogen-bond donors (Lipinski definition) is 0. The van der Waals surface area contributed by atoms with Crippen molar-refractivity contribution in [3.63, 3.8) is 0 Å². The van der Waals surface area contributed by atoms with Gasteiger partial charge in [0, 0.05) is 6.04 Å². The van der Waals surface area contributed by atoms with E-state index in [9.17, 15) is 26.3 Å². The van der Waals surface area contributed by atoms with Gasteiger partial charge in [-0.3, -0.25) is 4.90 Å². The Labute approximate surface area is 132 Å². The predicted molar refractivity (Wildman–Crippen MR) is 77.0 cm³/mol. The highest BCUT2D eigenvalue weighted by atomic mass is 19.4. The average molecular weight is 341 g/mol. The van der Waals surface area contributed by atoms with Crippen LogP contribution in [0, 0.1) is 0 Å². The van der Waals surface area contributed by atoms with Gasteiger partial charge in [-0.05, 0) is 50.7 Å². The summed E-state index contributed by atoms with van der Waals surface area (Å²) in [5, 5.41) is 0. The molecule has 0 unspecified atom stereocenters. The Morgan fingerprint density at radius 3 is 1.78 bits per heavy atom. The second kappa shape index (κ2) is 7.55. The third kappa shape index (κ3) is 5.71. The quantitative estimate of drug-likeness (QED) is 0.459. The summed E-state index contributed by atoms with van der Waals surface area (Å²) in [6, 6.07) is 1.23. The van der Waals surface area contributed by atoms with Crippen molar-refractivity contribution in [2.24, 2.45) is 0 Å². The standard InChI is InChI=1S/C16H21F6N/c1-4-5-6-7-23(3)11(2)12-8-13(15(17,18)19)10-14(9-12)16(20,21)22/h8-11H,4-7H2,1-3H3/t11-/m1/s1. The maximum absolute atomic E-state index is 12.9. The van der Waals surface area contributed by atoms with Gasteiger partial charge in [0.1, 0.15) is 0 Å². The minimum absolute atomic E-state index is 0.0196. The van der Waals surface area contributed by atoms with Gasteiger partial charge in [0.05, 0.1) is 11.1 Å². The zero-order valence-corrected chi connectivity index (χ0v) is 13.4. The smallest absolute Gasteiger partial charge is 0.300 e.